The molecule has 19 heavy (non-hydrogen) atoms. The molecule has 0 aliphatic carbocycles. The molecule has 2 aromatic heterocycles. The first-order chi connectivity index (χ1) is 8.82. The summed E-state index contributed by atoms with van der Waals surface area (Å²) in [7, 11) is 3.73. The highest BCUT2D eigenvalue weighted by atomic mass is 79.9. The molecule has 2 aromatic rings. The molecule has 0 bridgehead atoms. The maximum Gasteiger partial charge on any atom is 0.182 e. The summed E-state index contributed by atoms with van der Waals surface area (Å²) in [5, 5.41) is 7.45. The van der Waals surface area contributed by atoms with Gasteiger partial charge in [-0.15, -0.1) is 0 Å². The van der Waals surface area contributed by atoms with Crippen molar-refractivity contribution in [1.82, 2.24) is 19.7 Å². The smallest absolute Gasteiger partial charge is 0.182 e. The van der Waals surface area contributed by atoms with Crippen molar-refractivity contribution in [3.63, 3.8) is 0 Å². The van der Waals surface area contributed by atoms with Crippen LogP contribution < -0.4 is 5.32 Å². The second-order valence-electron chi connectivity index (χ2n) is 5.43. The number of nitrogens with zero attached hydrogens (tertiary/aromatic N) is 4. The van der Waals surface area contributed by atoms with E-state index in [1.54, 1.807) is 4.68 Å². The van der Waals surface area contributed by atoms with Gasteiger partial charge in [0, 0.05) is 25.7 Å². The quantitative estimate of drug-likeness (QED) is 0.923. The average molecular weight is 324 g/mol. The number of rotatable bonds is 2. The Morgan fingerprint density at radius 3 is 2.42 bits per heavy atom. The van der Waals surface area contributed by atoms with E-state index in [9.17, 15) is 0 Å². The lowest BCUT2D eigenvalue weighted by Crippen LogP contribution is -2.17. The molecule has 0 spiro atoms. The van der Waals surface area contributed by atoms with E-state index in [-0.39, 0.29) is 5.41 Å². The van der Waals surface area contributed by atoms with Crippen molar-refractivity contribution in [2.24, 2.45) is 7.05 Å². The molecule has 0 aliphatic rings. The Kier molecular flexibility index (Phi) is 3.62. The minimum Gasteiger partial charge on any atom is -0.372 e. The highest BCUT2D eigenvalue weighted by molar-refractivity contribution is 9.10. The van der Waals surface area contributed by atoms with Crippen LogP contribution in [0.5, 0.6) is 0 Å². The van der Waals surface area contributed by atoms with Gasteiger partial charge in [0.15, 0.2) is 5.82 Å². The Hall–Kier alpha value is -1.43. The van der Waals surface area contributed by atoms with Gasteiger partial charge in [0.1, 0.15) is 11.5 Å². The van der Waals surface area contributed by atoms with Crippen LogP contribution in [-0.4, -0.2) is 26.8 Å². The topological polar surface area (TPSA) is 55.6 Å². The van der Waals surface area contributed by atoms with Crippen LogP contribution in [0.25, 0.3) is 11.5 Å². The van der Waals surface area contributed by atoms with Gasteiger partial charge in [-0.2, -0.15) is 5.10 Å². The molecule has 0 fully saturated rings. The van der Waals surface area contributed by atoms with Crippen LogP contribution in [0, 0.1) is 0 Å². The first-order valence-electron chi connectivity index (χ1n) is 6.08. The van der Waals surface area contributed by atoms with Gasteiger partial charge >= 0.3 is 0 Å². The van der Waals surface area contributed by atoms with E-state index in [4.69, 9.17) is 0 Å². The zero-order chi connectivity index (χ0) is 14.2. The lowest BCUT2D eigenvalue weighted by atomic mass is 9.92. The molecule has 0 unspecified atom stereocenters. The molecule has 2 heterocycles. The zero-order valence-electron chi connectivity index (χ0n) is 11.8. The predicted octanol–water partition coefficient (Wildman–Crippen LogP) is 2.98. The Morgan fingerprint density at radius 1 is 1.26 bits per heavy atom. The van der Waals surface area contributed by atoms with Crippen molar-refractivity contribution in [2.75, 3.05) is 12.4 Å². The number of hydrogen-bond acceptors (Lipinski definition) is 4. The third-order valence-electron chi connectivity index (χ3n) is 2.74. The predicted molar refractivity (Wildman–Crippen MR) is 80.2 cm³/mol. The molecule has 5 nitrogen and oxygen atoms in total. The molecule has 0 radical (unpaired) electrons. The number of hydrogen-bond donors (Lipinski definition) is 1. The minimum atomic E-state index is -0.0725. The van der Waals surface area contributed by atoms with E-state index < -0.39 is 0 Å². The number of aromatic nitrogens is 4. The second-order valence-corrected chi connectivity index (χ2v) is 6.23. The fourth-order valence-electron chi connectivity index (χ4n) is 1.76. The van der Waals surface area contributed by atoms with E-state index in [0.29, 0.717) is 5.82 Å². The second kappa shape index (κ2) is 4.92. The molecule has 0 atom stereocenters. The van der Waals surface area contributed by atoms with Crippen molar-refractivity contribution in [1.29, 1.82) is 0 Å². The highest BCUT2D eigenvalue weighted by Gasteiger charge is 2.23. The SMILES string of the molecule is CNc1nc(-c2ccn(C)n2)nc(C(C)(C)C)c1Br. The number of nitrogens with one attached hydrogen (secondary N) is 1. The summed E-state index contributed by atoms with van der Waals surface area (Å²) < 4.78 is 2.65. The Balaban J connectivity index is 2.64. The van der Waals surface area contributed by atoms with Crippen LogP contribution in [-0.2, 0) is 12.5 Å². The molecule has 0 amide bonds. The molecule has 0 saturated carbocycles. The van der Waals surface area contributed by atoms with E-state index in [2.05, 4.69) is 57.1 Å². The Labute approximate surface area is 121 Å². The standard InChI is InChI=1S/C13H18BrN5/c1-13(2,3)10-9(14)12(15-4)17-11(16-10)8-6-7-19(5)18-8/h6-7H,1-5H3,(H,15,16,17). The molecule has 0 aliphatic heterocycles. The third-order valence-corrected chi connectivity index (χ3v) is 3.49. The van der Waals surface area contributed by atoms with Crippen LogP contribution in [0.1, 0.15) is 26.5 Å². The molecule has 0 saturated heterocycles. The molecular weight excluding hydrogens is 306 g/mol. The number of anilines is 1. The monoisotopic (exact) mass is 323 g/mol. The third kappa shape index (κ3) is 2.78. The van der Waals surface area contributed by atoms with Crippen LogP contribution in [0.2, 0.25) is 0 Å². The van der Waals surface area contributed by atoms with Gasteiger partial charge in [-0.1, -0.05) is 20.8 Å². The van der Waals surface area contributed by atoms with Gasteiger partial charge in [0.2, 0.25) is 0 Å². The van der Waals surface area contributed by atoms with Crippen molar-refractivity contribution in [3.05, 3.63) is 22.4 Å². The van der Waals surface area contributed by atoms with Gasteiger partial charge < -0.3 is 5.32 Å². The normalized spacial score (nSPS) is 11.7. The van der Waals surface area contributed by atoms with E-state index >= 15 is 0 Å². The summed E-state index contributed by atoms with van der Waals surface area (Å²) in [5.74, 6) is 1.42. The summed E-state index contributed by atoms with van der Waals surface area (Å²) >= 11 is 3.58. The van der Waals surface area contributed by atoms with E-state index in [0.717, 1.165) is 21.7 Å². The fraction of sp³-hybridized carbons (Fsp3) is 0.462. The Bertz CT molecular complexity index is 598. The van der Waals surface area contributed by atoms with E-state index in [1.807, 2.05) is 26.4 Å². The summed E-state index contributed by atoms with van der Waals surface area (Å²) in [4.78, 5) is 9.17. The van der Waals surface area contributed by atoms with Crippen molar-refractivity contribution in [3.8, 4) is 11.5 Å². The van der Waals surface area contributed by atoms with Gasteiger partial charge in [-0.05, 0) is 22.0 Å². The summed E-state index contributed by atoms with van der Waals surface area (Å²) in [6, 6.07) is 1.91. The molecule has 6 heteroatoms. The first kappa shape index (κ1) is 14.0. The zero-order valence-corrected chi connectivity index (χ0v) is 13.4. The minimum absolute atomic E-state index is 0.0725. The average Bonchev–Trinajstić information content (AvgIpc) is 2.74. The molecule has 1 N–H and O–H groups in total. The molecule has 102 valence electrons. The molecular formula is C13H18BrN5. The Morgan fingerprint density at radius 2 is 1.95 bits per heavy atom. The molecule has 0 aromatic carbocycles. The lowest BCUT2D eigenvalue weighted by molar-refractivity contribution is 0.564. The summed E-state index contributed by atoms with van der Waals surface area (Å²) in [6.45, 7) is 6.38. The van der Waals surface area contributed by atoms with Gasteiger partial charge in [0.25, 0.3) is 0 Å². The summed E-state index contributed by atoms with van der Waals surface area (Å²) in [6.07, 6.45) is 1.89. The van der Waals surface area contributed by atoms with Gasteiger partial charge in [0.05, 0.1) is 10.2 Å². The maximum absolute atomic E-state index is 4.66. The summed E-state index contributed by atoms with van der Waals surface area (Å²) in [5.41, 5.74) is 1.67. The van der Waals surface area contributed by atoms with Crippen LogP contribution in [0.15, 0.2) is 16.7 Å². The fourth-order valence-corrected chi connectivity index (χ4v) is 2.73. The van der Waals surface area contributed by atoms with Gasteiger partial charge in [-0.25, -0.2) is 9.97 Å². The highest BCUT2D eigenvalue weighted by Crippen LogP contribution is 2.33. The number of aryl methyl sites for hydroxylation is 1. The van der Waals surface area contributed by atoms with Crippen LogP contribution in [0.3, 0.4) is 0 Å². The molecule has 2 rings (SSSR count). The lowest BCUT2D eigenvalue weighted by Gasteiger charge is -2.21. The van der Waals surface area contributed by atoms with E-state index in [1.165, 1.54) is 0 Å². The van der Waals surface area contributed by atoms with Gasteiger partial charge in [-0.3, -0.25) is 4.68 Å². The van der Waals surface area contributed by atoms with Crippen molar-refractivity contribution < 1.29 is 0 Å². The maximum atomic E-state index is 4.66. The van der Waals surface area contributed by atoms with Crippen LogP contribution in [0.4, 0.5) is 5.82 Å². The number of halogens is 1. The largest absolute Gasteiger partial charge is 0.372 e. The van der Waals surface area contributed by atoms with Crippen LogP contribution >= 0.6 is 15.9 Å². The van der Waals surface area contributed by atoms with Crippen molar-refractivity contribution >= 4 is 21.7 Å². The first-order valence-corrected chi connectivity index (χ1v) is 6.88. The van der Waals surface area contributed by atoms with Crippen molar-refractivity contribution in [2.45, 2.75) is 26.2 Å².